The van der Waals surface area contributed by atoms with Crippen molar-refractivity contribution in [3.63, 3.8) is 0 Å². The molecule has 0 spiro atoms. The highest BCUT2D eigenvalue weighted by molar-refractivity contribution is 7.33. The van der Waals surface area contributed by atoms with Gasteiger partial charge in [-0.2, -0.15) is 22.2 Å². The average Bonchev–Trinajstić information content (AvgIpc) is 1.84. The highest BCUT2D eigenvalue weighted by Crippen LogP contribution is 2.12. The number of carbonyl (C=O) groups excluding carboxylic acids is 1. The van der Waals surface area contributed by atoms with E-state index in [9.17, 15) is 4.79 Å². The molecule has 11 heavy (non-hydrogen) atoms. The summed E-state index contributed by atoms with van der Waals surface area (Å²) in [5.74, 6) is -0.264. The van der Waals surface area contributed by atoms with E-state index in [2.05, 4.69) is 0 Å². The summed E-state index contributed by atoms with van der Waals surface area (Å²) in [6, 6.07) is 0.638. The molecular formula is C6H12Cl2O2Si. The maximum atomic E-state index is 10.5. The lowest BCUT2D eigenvalue weighted by molar-refractivity contribution is -0.145. The van der Waals surface area contributed by atoms with Gasteiger partial charge in [0, 0.05) is 13.0 Å². The molecule has 0 aromatic rings. The zero-order chi connectivity index (χ0) is 8.85. The van der Waals surface area contributed by atoms with E-state index in [1.54, 1.807) is 0 Å². The molecule has 0 aromatic heterocycles. The van der Waals surface area contributed by atoms with Gasteiger partial charge >= 0.3 is 5.97 Å². The summed E-state index contributed by atoms with van der Waals surface area (Å²) in [6.45, 7) is 3.33. The Morgan fingerprint density at radius 3 is 2.45 bits per heavy atom. The fourth-order valence-corrected chi connectivity index (χ4v) is 2.75. The Kier molecular flexibility index (Phi) is 6.00. The third-order valence-electron chi connectivity index (χ3n) is 1.23. The first kappa shape index (κ1) is 11.3. The highest BCUT2D eigenvalue weighted by atomic mass is 35.7. The Morgan fingerprint density at radius 1 is 1.64 bits per heavy atom. The van der Waals surface area contributed by atoms with E-state index in [4.69, 9.17) is 26.9 Å². The maximum Gasteiger partial charge on any atom is 0.302 e. The summed E-state index contributed by atoms with van der Waals surface area (Å²) >= 11 is 11.3. The Bertz CT molecular complexity index is 130. The Balaban J connectivity index is 3.66. The Labute approximate surface area is 77.8 Å². The fourth-order valence-electron chi connectivity index (χ4n) is 0.732. The topological polar surface area (TPSA) is 26.3 Å². The van der Waals surface area contributed by atoms with Crippen LogP contribution in [-0.4, -0.2) is 19.5 Å². The lowest BCUT2D eigenvalue weighted by Gasteiger charge is -2.14. The van der Waals surface area contributed by atoms with E-state index in [0.29, 0.717) is 6.04 Å². The van der Waals surface area contributed by atoms with Crippen LogP contribution in [-0.2, 0) is 9.53 Å². The van der Waals surface area contributed by atoms with Crippen molar-refractivity contribution in [1.29, 1.82) is 0 Å². The Hall–Kier alpha value is 0.267. The normalized spacial score (nSPS) is 13.2. The van der Waals surface area contributed by atoms with Crippen molar-refractivity contribution in [2.75, 3.05) is 0 Å². The molecule has 2 nitrogen and oxygen atoms in total. The zero-order valence-corrected chi connectivity index (χ0v) is 9.31. The Morgan fingerprint density at radius 2 is 2.18 bits per heavy atom. The molecule has 0 heterocycles. The third kappa shape index (κ3) is 6.66. The van der Waals surface area contributed by atoms with Gasteiger partial charge in [0.25, 0.3) is 0 Å². The minimum atomic E-state index is -1.64. The summed E-state index contributed by atoms with van der Waals surface area (Å²) in [5, 5.41) is 0. The number of carbonyl (C=O) groups is 1. The number of ether oxygens (including phenoxy) is 1. The molecule has 5 heteroatoms. The molecular weight excluding hydrogens is 203 g/mol. The van der Waals surface area contributed by atoms with Crippen LogP contribution in [0, 0.1) is 0 Å². The van der Waals surface area contributed by atoms with Crippen molar-refractivity contribution >= 4 is 35.5 Å². The van der Waals surface area contributed by atoms with Gasteiger partial charge in [0.2, 0.25) is 7.42 Å². The molecule has 1 atom stereocenters. The average molecular weight is 215 g/mol. The molecule has 0 saturated heterocycles. The fraction of sp³-hybridized carbons (Fsp3) is 0.833. The number of esters is 1. The summed E-state index contributed by atoms with van der Waals surface area (Å²) < 4.78 is 4.94. The van der Waals surface area contributed by atoms with Gasteiger partial charge in [-0.3, -0.25) is 4.79 Å². The monoisotopic (exact) mass is 214 g/mol. The van der Waals surface area contributed by atoms with Crippen LogP contribution in [0.4, 0.5) is 0 Å². The summed E-state index contributed by atoms with van der Waals surface area (Å²) in [6.07, 6.45) is 0.696. The zero-order valence-electron chi connectivity index (χ0n) is 6.64. The molecule has 0 N–H and O–H groups in total. The molecule has 0 aliphatic heterocycles. The van der Waals surface area contributed by atoms with E-state index in [0.717, 1.165) is 6.42 Å². The molecule has 0 saturated carbocycles. The molecule has 0 aliphatic carbocycles. The maximum absolute atomic E-state index is 10.5. The van der Waals surface area contributed by atoms with Crippen LogP contribution in [0.1, 0.15) is 20.3 Å². The van der Waals surface area contributed by atoms with E-state index >= 15 is 0 Å². The quantitative estimate of drug-likeness (QED) is 0.407. The lowest BCUT2D eigenvalue weighted by Crippen LogP contribution is -2.18. The first-order valence-electron chi connectivity index (χ1n) is 3.51. The van der Waals surface area contributed by atoms with Crippen LogP contribution in [0.15, 0.2) is 0 Å². The first-order valence-corrected chi connectivity index (χ1v) is 7.82. The van der Waals surface area contributed by atoms with E-state index in [1.807, 2.05) is 6.92 Å². The number of rotatable bonds is 4. The van der Waals surface area contributed by atoms with Crippen molar-refractivity contribution in [3.8, 4) is 0 Å². The van der Waals surface area contributed by atoms with Gasteiger partial charge in [-0.15, -0.1) is 0 Å². The molecule has 0 aliphatic rings. The molecule has 66 valence electrons. The van der Waals surface area contributed by atoms with Gasteiger partial charge in [0.05, 0.1) is 0 Å². The molecule has 0 bridgehead atoms. The van der Waals surface area contributed by atoms with Gasteiger partial charge in [-0.25, -0.2) is 0 Å². The van der Waals surface area contributed by atoms with Crippen LogP contribution in [0.3, 0.4) is 0 Å². The van der Waals surface area contributed by atoms with Crippen molar-refractivity contribution in [1.82, 2.24) is 0 Å². The van der Waals surface area contributed by atoms with Crippen molar-refractivity contribution in [2.45, 2.75) is 32.4 Å². The first-order chi connectivity index (χ1) is 5.06. The predicted octanol–water partition coefficient (Wildman–Crippen LogP) is 2.03. The van der Waals surface area contributed by atoms with Gasteiger partial charge in [-0.05, 0) is 6.42 Å². The van der Waals surface area contributed by atoms with Gasteiger partial charge in [0.1, 0.15) is 6.10 Å². The minimum Gasteiger partial charge on any atom is -0.463 e. The van der Waals surface area contributed by atoms with E-state index < -0.39 is 7.42 Å². The van der Waals surface area contributed by atoms with Gasteiger partial charge in [-0.1, -0.05) is 6.92 Å². The van der Waals surface area contributed by atoms with E-state index in [1.165, 1.54) is 6.92 Å². The molecule has 0 radical (unpaired) electrons. The predicted molar refractivity (Wildman–Crippen MR) is 49.5 cm³/mol. The van der Waals surface area contributed by atoms with Crippen LogP contribution in [0.5, 0.6) is 0 Å². The second-order valence-electron chi connectivity index (χ2n) is 2.27. The molecule has 0 aromatic carbocycles. The molecule has 0 rings (SSSR count). The smallest absolute Gasteiger partial charge is 0.302 e. The van der Waals surface area contributed by atoms with Crippen LogP contribution >= 0.6 is 22.2 Å². The lowest BCUT2D eigenvalue weighted by atomic mass is 10.3. The number of halogens is 2. The minimum absolute atomic E-state index is 0.0841. The van der Waals surface area contributed by atoms with Gasteiger partial charge in [0.15, 0.2) is 0 Å². The third-order valence-corrected chi connectivity index (χ3v) is 3.18. The molecule has 1 unspecified atom stereocenters. The molecule has 0 amide bonds. The van der Waals surface area contributed by atoms with Gasteiger partial charge < -0.3 is 4.74 Å². The largest absolute Gasteiger partial charge is 0.463 e. The highest BCUT2D eigenvalue weighted by Gasteiger charge is 2.14. The second-order valence-corrected chi connectivity index (χ2v) is 7.35. The number of hydrogen-bond donors (Lipinski definition) is 0. The van der Waals surface area contributed by atoms with Crippen LogP contribution in [0.2, 0.25) is 6.04 Å². The van der Waals surface area contributed by atoms with Crippen LogP contribution in [0.25, 0.3) is 0 Å². The van der Waals surface area contributed by atoms with E-state index in [-0.39, 0.29) is 12.1 Å². The summed E-state index contributed by atoms with van der Waals surface area (Å²) in [5.41, 5.74) is 0. The number of hydrogen-bond acceptors (Lipinski definition) is 2. The van der Waals surface area contributed by atoms with Crippen molar-refractivity contribution in [2.24, 2.45) is 0 Å². The van der Waals surface area contributed by atoms with Crippen LogP contribution < -0.4 is 0 Å². The summed E-state index contributed by atoms with van der Waals surface area (Å²) in [7, 11) is -1.64. The summed E-state index contributed by atoms with van der Waals surface area (Å²) in [4.78, 5) is 10.5. The van der Waals surface area contributed by atoms with Crippen molar-refractivity contribution < 1.29 is 9.53 Å². The van der Waals surface area contributed by atoms with Crippen molar-refractivity contribution in [3.05, 3.63) is 0 Å². The SMILES string of the molecule is CCC(C[SiH](Cl)Cl)OC(C)=O. The second kappa shape index (κ2) is 5.86. The molecule has 0 fully saturated rings. The standard InChI is InChI=1S/C6H12Cl2O2Si/c1-3-6(4-11(7)8)10-5(2)9/h6,11H,3-4H2,1-2H3.